The number of halogens is 1. The second kappa shape index (κ2) is 6.11. The zero-order valence-corrected chi connectivity index (χ0v) is 11.9. The van der Waals surface area contributed by atoms with Crippen LogP contribution in [0.2, 0.25) is 0 Å². The Labute approximate surface area is 124 Å². The molecule has 1 aliphatic rings. The molecule has 108 valence electrons. The lowest BCUT2D eigenvalue weighted by atomic mass is 10.0. The first-order chi connectivity index (χ1) is 10.3. The fourth-order valence-electron chi connectivity index (χ4n) is 2.83. The SMILES string of the molecule is NCC#Cc1cc(F)cc(Cn2cnc3c2CCCC3)c1. The van der Waals surface area contributed by atoms with Crippen LogP contribution in [0.1, 0.15) is 35.4 Å². The van der Waals surface area contributed by atoms with Gasteiger partial charge in [-0.1, -0.05) is 11.8 Å². The molecule has 1 aromatic heterocycles. The van der Waals surface area contributed by atoms with E-state index in [2.05, 4.69) is 21.4 Å². The van der Waals surface area contributed by atoms with E-state index in [1.165, 1.54) is 30.3 Å². The molecule has 1 aliphatic carbocycles. The molecule has 21 heavy (non-hydrogen) atoms. The molecule has 0 atom stereocenters. The Bertz CT molecular complexity index is 707. The second-order valence-corrected chi connectivity index (χ2v) is 5.33. The van der Waals surface area contributed by atoms with Gasteiger partial charge in [0.2, 0.25) is 0 Å². The van der Waals surface area contributed by atoms with Gasteiger partial charge in [-0.2, -0.15) is 0 Å². The molecule has 3 nitrogen and oxygen atoms in total. The summed E-state index contributed by atoms with van der Waals surface area (Å²) in [6.07, 6.45) is 6.40. The third-order valence-corrected chi connectivity index (χ3v) is 3.76. The smallest absolute Gasteiger partial charge is 0.124 e. The van der Waals surface area contributed by atoms with E-state index >= 15 is 0 Å². The largest absolute Gasteiger partial charge is 0.330 e. The first-order valence-electron chi connectivity index (χ1n) is 7.27. The van der Waals surface area contributed by atoms with Crippen LogP contribution < -0.4 is 5.73 Å². The van der Waals surface area contributed by atoms with Crippen LogP contribution in [0.4, 0.5) is 4.39 Å². The minimum atomic E-state index is -0.261. The Morgan fingerprint density at radius 1 is 1.24 bits per heavy atom. The maximum absolute atomic E-state index is 13.7. The number of fused-ring (bicyclic) bond motifs is 1. The molecule has 3 rings (SSSR count). The first-order valence-corrected chi connectivity index (χ1v) is 7.27. The zero-order valence-electron chi connectivity index (χ0n) is 11.9. The molecule has 0 aliphatic heterocycles. The Balaban J connectivity index is 1.87. The molecule has 1 heterocycles. The monoisotopic (exact) mass is 283 g/mol. The zero-order chi connectivity index (χ0) is 14.7. The van der Waals surface area contributed by atoms with Crippen LogP contribution in [-0.2, 0) is 19.4 Å². The maximum Gasteiger partial charge on any atom is 0.124 e. The van der Waals surface area contributed by atoms with E-state index < -0.39 is 0 Å². The number of nitrogens with zero attached hydrogens (tertiary/aromatic N) is 2. The quantitative estimate of drug-likeness (QED) is 0.859. The lowest BCUT2D eigenvalue weighted by molar-refractivity contribution is 0.614. The standard InChI is InChI=1S/C17H18FN3/c18-15-9-13(4-3-7-19)8-14(10-15)11-21-12-20-16-5-1-2-6-17(16)21/h8-10,12H,1-2,5-7,11,19H2. The van der Waals surface area contributed by atoms with Gasteiger partial charge >= 0.3 is 0 Å². The summed E-state index contributed by atoms with van der Waals surface area (Å²) in [5.41, 5.74) is 9.42. The topological polar surface area (TPSA) is 43.8 Å². The molecule has 0 unspecified atom stereocenters. The van der Waals surface area contributed by atoms with Gasteiger partial charge in [-0.15, -0.1) is 0 Å². The van der Waals surface area contributed by atoms with Crippen molar-refractivity contribution in [1.82, 2.24) is 9.55 Å². The van der Waals surface area contributed by atoms with Crippen molar-refractivity contribution in [2.45, 2.75) is 32.2 Å². The molecule has 0 saturated heterocycles. The van der Waals surface area contributed by atoms with E-state index in [1.54, 1.807) is 6.07 Å². The molecule has 2 N–H and O–H groups in total. The Morgan fingerprint density at radius 2 is 2.10 bits per heavy atom. The fourth-order valence-corrected chi connectivity index (χ4v) is 2.83. The van der Waals surface area contributed by atoms with E-state index in [4.69, 9.17) is 5.73 Å². The molecular formula is C17H18FN3. The number of aryl methyl sites for hydroxylation is 1. The average molecular weight is 283 g/mol. The minimum Gasteiger partial charge on any atom is -0.330 e. The van der Waals surface area contributed by atoms with E-state index in [-0.39, 0.29) is 12.4 Å². The van der Waals surface area contributed by atoms with Crippen molar-refractivity contribution in [3.8, 4) is 11.8 Å². The molecule has 2 aromatic rings. The highest BCUT2D eigenvalue weighted by molar-refractivity contribution is 5.38. The summed E-state index contributed by atoms with van der Waals surface area (Å²) >= 11 is 0. The van der Waals surface area contributed by atoms with E-state index in [1.807, 2.05) is 12.4 Å². The lowest BCUT2D eigenvalue weighted by Crippen LogP contribution is -2.09. The van der Waals surface area contributed by atoms with Gasteiger partial charge in [0.15, 0.2) is 0 Å². The van der Waals surface area contributed by atoms with E-state index in [9.17, 15) is 4.39 Å². The van der Waals surface area contributed by atoms with Crippen LogP contribution in [0.15, 0.2) is 24.5 Å². The van der Waals surface area contributed by atoms with Gasteiger partial charge in [-0.25, -0.2) is 9.37 Å². The average Bonchev–Trinajstić information content (AvgIpc) is 2.88. The lowest BCUT2D eigenvalue weighted by Gasteiger charge is -2.14. The van der Waals surface area contributed by atoms with Crippen molar-refractivity contribution in [2.24, 2.45) is 5.73 Å². The fraction of sp³-hybridized carbons (Fsp3) is 0.353. The first kappa shape index (κ1) is 13.8. The molecule has 0 amide bonds. The molecule has 4 heteroatoms. The van der Waals surface area contributed by atoms with Gasteiger partial charge in [0.1, 0.15) is 5.82 Å². The summed E-state index contributed by atoms with van der Waals surface area (Å²) in [7, 11) is 0. The van der Waals surface area contributed by atoms with Gasteiger partial charge < -0.3 is 10.3 Å². The maximum atomic E-state index is 13.7. The second-order valence-electron chi connectivity index (χ2n) is 5.33. The summed E-state index contributed by atoms with van der Waals surface area (Å²) in [5, 5.41) is 0. The van der Waals surface area contributed by atoms with Crippen LogP contribution in [0, 0.1) is 17.7 Å². The van der Waals surface area contributed by atoms with E-state index in [0.29, 0.717) is 12.1 Å². The molecule has 0 bridgehead atoms. The minimum absolute atomic E-state index is 0.261. The van der Waals surface area contributed by atoms with Gasteiger partial charge in [-0.3, -0.25) is 0 Å². The third kappa shape index (κ3) is 3.14. The number of imidazole rings is 1. The highest BCUT2D eigenvalue weighted by Crippen LogP contribution is 2.21. The van der Waals surface area contributed by atoms with Crippen molar-refractivity contribution in [1.29, 1.82) is 0 Å². The number of rotatable bonds is 2. The highest BCUT2D eigenvalue weighted by atomic mass is 19.1. The summed E-state index contributed by atoms with van der Waals surface area (Å²) in [6.45, 7) is 0.915. The van der Waals surface area contributed by atoms with Crippen molar-refractivity contribution in [3.05, 3.63) is 52.9 Å². The van der Waals surface area contributed by atoms with Crippen molar-refractivity contribution in [3.63, 3.8) is 0 Å². The van der Waals surface area contributed by atoms with Crippen LogP contribution in [0.3, 0.4) is 0 Å². The number of nitrogens with two attached hydrogens (primary N) is 1. The summed E-state index contributed by atoms with van der Waals surface area (Å²) in [6, 6.07) is 4.92. The molecule has 1 aromatic carbocycles. The highest BCUT2D eigenvalue weighted by Gasteiger charge is 2.15. The van der Waals surface area contributed by atoms with Crippen LogP contribution in [0.5, 0.6) is 0 Å². The molecule has 0 radical (unpaired) electrons. The van der Waals surface area contributed by atoms with Gasteiger partial charge in [0.25, 0.3) is 0 Å². The number of hydrogen-bond acceptors (Lipinski definition) is 2. The van der Waals surface area contributed by atoms with Crippen molar-refractivity contribution < 1.29 is 4.39 Å². The summed E-state index contributed by atoms with van der Waals surface area (Å²) < 4.78 is 15.8. The predicted molar refractivity (Wildman–Crippen MR) is 80.3 cm³/mol. The Kier molecular flexibility index (Phi) is 4.03. The van der Waals surface area contributed by atoms with Crippen molar-refractivity contribution >= 4 is 0 Å². The number of benzene rings is 1. The van der Waals surface area contributed by atoms with Crippen LogP contribution in [0.25, 0.3) is 0 Å². The predicted octanol–water partition coefficient (Wildman–Crippen LogP) is 2.26. The molecular weight excluding hydrogens is 265 g/mol. The Morgan fingerprint density at radius 3 is 2.95 bits per heavy atom. The number of hydrogen-bond donors (Lipinski definition) is 1. The van der Waals surface area contributed by atoms with Crippen molar-refractivity contribution in [2.75, 3.05) is 6.54 Å². The molecule has 0 saturated carbocycles. The van der Waals surface area contributed by atoms with Crippen LogP contribution >= 0.6 is 0 Å². The Hall–Kier alpha value is -2.12. The third-order valence-electron chi connectivity index (χ3n) is 3.76. The summed E-state index contributed by atoms with van der Waals surface area (Å²) in [5.74, 6) is 5.39. The summed E-state index contributed by atoms with van der Waals surface area (Å²) in [4.78, 5) is 4.47. The van der Waals surface area contributed by atoms with E-state index in [0.717, 1.165) is 18.4 Å². The van der Waals surface area contributed by atoms with Gasteiger partial charge in [-0.05, 0) is 49.4 Å². The van der Waals surface area contributed by atoms with Crippen LogP contribution in [-0.4, -0.2) is 16.1 Å². The molecule has 0 fully saturated rings. The normalized spacial score (nSPS) is 13.4. The van der Waals surface area contributed by atoms with Gasteiger partial charge in [0.05, 0.1) is 18.6 Å². The number of aromatic nitrogens is 2. The van der Waals surface area contributed by atoms with Gasteiger partial charge in [0, 0.05) is 17.8 Å². The molecule has 0 spiro atoms.